The molecule has 19 heavy (non-hydrogen) atoms. The minimum absolute atomic E-state index is 0.222. The van der Waals surface area contributed by atoms with Gasteiger partial charge < -0.3 is 4.98 Å². The molecule has 0 aliphatic rings. The van der Waals surface area contributed by atoms with Gasteiger partial charge in [0.2, 0.25) is 0 Å². The summed E-state index contributed by atoms with van der Waals surface area (Å²) < 4.78 is 0. The molecule has 0 saturated carbocycles. The molecule has 98 valence electrons. The molecule has 0 bridgehead atoms. The Morgan fingerprint density at radius 2 is 1.84 bits per heavy atom. The summed E-state index contributed by atoms with van der Waals surface area (Å²) in [5, 5.41) is 0. The van der Waals surface area contributed by atoms with Gasteiger partial charge in [0, 0.05) is 11.9 Å². The van der Waals surface area contributed by atoms with Crippen LogP contribution in [0.5, 0.6) is 0 Å². The normalized spacial score (nSPS) is 11.1. The Morgan fingerprint density at radius 3 is 2.47 bits per heavy atom. The Kier molecular flexibility index (Phi) is 3.46. The predicted molar refractivity (Wildman–Crippen MR) is 75.6 cm³/mol. The smallest absolute Gasteiger partial charge is 0.309 e. The van der Waals surface area contributed by atoms with E-state index in [4.69, 9.17) is 0 Å². The second kappa shape index (κ2) is 5.06. The quantitative estimate of drug-likeness (QED) is 0.804. The molecule has 1 aromatic carbocycles. The highest BCUT2D eigenvalue weighted by Crippen LogP contribution is 2.11. The summed E-state index contributed by atoms with van der Waals surface area (Å²) in [6.45, 7) is 5.65. The number of nitrogens with zero attached hydrogens (tertiary/aromatic N) is 1. The van der Waals surface area contributed by atoms with Crippen LogP contribution in [0.4, 0.5) is 5.69 Å². The number of H-pyrrole nitrogens is 2. The summed E-state index contributed by atoms with van der Waals surface area (Å²) in [5.41, 5.74) is 2.87. The standard InChI is InChI=1S/C14H15N3O2/c1-8-4-5-11(9(2)6-8)7-15-12-10(3)16-14(19)17-13(12)18/h4-7H,1-3H3,(H2,16,17,18,19). The number of rotatable bonds is 2. The number of hydrogen-bond acceptors (Lipinski definition) is 3. The van der Waals surface area contributed by atoms with Crippen molar-refractivity contribution in [1.29, 1.82) is 0 Å². The van der Waals surface area contributed by atoms with Crippen LogP contribution >= 0.6 is 0 Å². The van der Waals surface area contributed by atoms with Crippen LogP contribution in [0.1, 0.15) is 22.4 Å². The summed E-state index contributed by atoms with van der Waals surface area (Å²) in [6, 6.07) is 5.98. The van der Waals surface area contributed by atoms with Gasteiger partial charge in [-0.3, -0.25) is 9.78 Å². The van der Waals surface area contributed by atoms with Gasteiger partial charge in [0.1, 0.15) is 5.69 Å². The van der Waals surface area contributed by atoms with E-state index >= 15 is 0 Å². The summed E-state index contributed by atoms with van der Waals surface area (Å²) in [7, 11) is 0. The molecular formula is C14H15N3O2. The summed E-state index contributed by atoms with van der Waals surface area (Å²) >= 11 is 0. The minimum Gasteiger partial charge on any atom is -0.309 e. The summed E-state index contributed by atoms with van der Waals surface area (Å²) in [6.07, 6.45) is 1.63. The van der Waals surface area contributed by atoms with E-state index in [2.05, 4.69) is 15.0 Å². The average Bonchev–Trinajstić information content (AvgIpc) is 2.30. The highest BCUT2D eigenvalue weighted by atomic mass is 16.2. The van der Waals surface area contributed by atoms with Crippen LogP contribution in [0.25, 0.3) is 0 Å². The van der Waals surface area contributed by atoms with E-state index in [9.17, 15) is 9.59 Å². The van der Waals surface area contributed by atoms with Gasteiger partial charge in [0.25, 0.3) is 5.56 Å². The van der Waals surface area contributed by atoms with Crippen molar-refractivity contribution < 1.29 is 0 Å². The van der Waals surface area contributed by atoms with Gasteiger partial charge >= 0.3 is 5.69 Å². The number of hydrogen-bond donors (Lipinski definition) is 2. The van der Waals surface area contributed by atoms with Gasteiger partial charge in [-0.05, 0) is 31.9 Å². The lowest BCUT2D eigenvalue weighted by atomic mass is 10.1. The van der Waals surface area contributed by atoms with Gasteiger partial charge in [0.05, 0.1) is 0 Å². The third-order valence-corrected chi connectivity index (χ3v) is 2.86. The van der Waals surface area contributed by atoms with Crippen molar-refractivity contribution in [2.45, 2.75) is 20.8 Å². The molecule has 0 fully saturated rings. The molecule has 5 nitrogen and oxygen atoms in total. The van der Waals surface area contributed by atoms with E-state index in [1.54, 1.807) is 13.1 Å². The number of nitrogens with one attached hydrogen (secondary N) is 2. The molecule has 0 amide bonds. The molecule has 0 radical (unpaired) electrons. The van der Waals surface area contributed by atoms with Crippen LogP contribution < -0.4 is 11.2 Å². The molecule has 0 aliphatic carbocycles. The van der Waals surface area contributed by atoms with Crippen LogP contribution in [-0.4, -0.2) is 16.2 Å². The van der Waals surface area contributed by atoms with Crippen molar-refractivity contribution in [1.82, 2.24) is 9.97 Å². The number of aryl methyl sites for hydroxylation is 3. The van der Waals surface area contributed by atoms with Crippen molar-refractivity contribution >= 4 is 11.9 Å². The molecule has 0 unspecified atom stereocenters. The first-order valence-electron chi connectivity index (χ1n) is 5.92. The van der Waals surface area contributed by atoms with Crippen LogP contribution in [0.2, 0.25) is 0 Å². The van der Waals surface area contributed by atoms with Crippen LogP contribution in [0, 0.1) is 20.8 Å². The largest absolute Gasteiger partial charge is 0.326 e. The van der Waals surface area contributed by atoms with Gasteiger partial charge in [-0.2, -0.15) is 0 Å². The minimum atomic E-state index is -0.520. The van der Waals surface area contributed by atoms with Gasteiger partial charge in [-0.15, -0.1) is 0 Å². The fourth-order valence-electron chi connectivity index (χ4n) is 1.85. The highest BCUT2D eigenvalue weighted by Gasteiger charge is 2.03. The summed E-state index contributed by atoms with van der Waals surface area (Å²) in [4.78, 5) is 31.5. The second-order valence-corrected chi connectivity index (χ2v) is 4.50. The van der Waals surface area contributed by atoms with Crippen LogP contribution in [0.15, 0.2) is 32.8 Å². The molecule has 0 spiro atoms. The van der Waals surface area contributed by atoms with E-state index in [0.29, 0.717) is 5.69 Å². The first-order chi connectivity index (χ1) is 8.97. The monoisotopic (exact) mass is 257 g/mol. The van der Waals surface area contributed by atoms with Gasteiger partial charge in [-0.25, -0.2) is 9.79 Å². The molecule has 0 atom stereocenters. The summed E-state index contributed by atoms with van der Waals surface area (Å²) in [5.74, 6) is 0. The highest BCUT2D eigenvalue weighted by molar-refractivity contribution is 5.83. The predicted octanol–water partition coefficient (Wildman–Crippen LogP) is 1.74. The Labute approximate surface area is 110 Å². The zero-order valence-corrected chi connectivity index (χ0v) is 11.1. The number of aliphatic imine (C=N–C) groups is 1. The lowest BCUT2D eigenvalue weighted by molar-refractivity contribution is 0.991. The molecule has 2 aromatic rings. The molecule has 0 saturated heterocycles. The van der Waals surface area contributed by atoms with E-state index in [1.807, 2.05) is 32.0 Å². The van der Waals surface area contributed by atoms with Crippen LogP contribution in [-0.2, 0) is 0 Å². The lowest BCUT2D eigenvalue weighted by Gasteiger charge is -2.01. The molecule has 2 N–H and O–H groups in total. The fourth-order valence-corrected chi connectivity index (χ4v) is 1.85. The van der Waals surface area contributed by atoms with Crippen molar-refractivity contribution in [3.63, 3.8) is 0 Å². The SMILES string of the molecule is Cc1ccc(C=Nc2c(C)[nH]c(=O)[nH]c2=O)c(C)c1. The maximum atomic E-state index is 11.6. The maximum absolute atomic E-state index is 11.6. The maximum Gasteiger partial charge on any atom is 0.326 e. The molecule has 2 rings (SSSR count). The van der Waals surface area contributed by atoms with E-state index in [-0.39, 0.29) is 5.69 Å². The number of benzene rings is 1. The van der Waals surface area contributed by atoms with Gasteiger partial charge in [0.15, 0.2) is 0 Å². The molecular weight excluding hydrogens is 242 g/mol. The van der Waals surface area contributed by atoms with Gasteiger partial charge in [-0.1, -0.05) is 23.8 Å². The zero-order valence-electron chi connectivity index (χ0n) is 11.1. The van der Waals surface area contributed by atoms with Crippen LogP contribution in [0.3, 0.4) is 0 Å². The second-order valence-electron chi connectivity index (χ2n) is 4.50. The molecule has 0 aliphatic heterocycles. The Hall–Kier alpha value is -2.43. The Morgan fingerprint density at radius 1 is 1.11 bits per heavy atom. The molecule has 5 heteroatoms. The number of aromatic nitrogens is 2. The third-order valence-electron chi connectivity index (χ3n) is 2.86. The fraction of sp³-hybridized carbons (Fsp3) is 0.214. The number of aromatic amines is 2. The first-order valence-corrected chi connectivity index (χ1v) is 5.92. The van der Waals surface area contributed by atoms with Crippen molar-refractivity contribution in [3.8, 4) is 0 Å². The first kappa shape index (κ1) is 13.0. The van der Waals surface area contributed by atoms with E-state index in [0.717, 1.165) is 11.1 Å². The lowest BCUT2D eigenvalue weighted by Crippen LogP contribution is -2.22. The van der Waals surface area contributed by atoms with Crippen molar-refractivity contribution in [2.75, 3.05) is 0 Å². The Balaban J connectivity index is 2.44. The van der Waals surface area contributed by atoms with Crippen molar-refractivity contribution in [2.24, 2.45) is 4.99 Å². The van der Waals surface area contributed by atoms with E-state index in [1.165, 1.54) is 5.56 Å². The Bertz CT molecular complexity index is 754. The van der Waals surface area contributed by atoms with Crippen molar-refractivity contribution in [3.05, 3.63) is 61.4 Å². The molecule has 1 aromatic heterocycles. The van der Waals surface area contributed by atoms with E-state index < -0.39 is 11.2 Å². The third kappa shape index (κ3) is 2.88. The topological polar surface area (TPSA) is 78.1 Å². The molecule has 1 heterocycles. The zero-order chi connectivity index (χ0) is 14.0. The average molecular weight is 257 g/mol.